The van der Waals surface area contributed by atoms with Crippen molar-refractivity contribution in [2.45, 2.75) is 32.2 Å². The van der Waals surface area contributed by atoms with Crippen LogP contribution >= 0.6 is 0 Å². The highest BCUT2D eigenvalue weighted by molar-refractivity contribution is 5.89. The summed E-state index contributed by atoms with van der Waals surface area (Å²) in [5, 5.41) is 12.3. The van der Waals surface area contributed by atoms with Gasteiger partial charge in [0.1, 0.15) is 0 Å². The first kappa shape index (κ1) is 10.0. The Hall–Kier alpha value is -1.51. The van der Waals surface area contributed by atoms with Crippen LogP contribution in [0.3, 0.4) is 0 Å². The van der Waals surface area contributed by atoms with Gasteiger partial charge in [-0.05, 0) is 30.7 Å². The monoisotopic (exact) mass is 205 g/mol. The van der Waals surface area contributed by atoms with Crippen LogP contribution in [0.2, 0.25) is 0 Å². The Kier molecular flexibility index (Phi) is 2.00. The summed E-state index contributed by atoms with van der Waals surface area (Å²) in [4.78, 5) is 10.9. The van der Waals surface area contributed by atoms with Crippen LogP contribution in [0.1, 0.15) is 36.7 Å². The number of carboxylic acids is 1. The molecule has 2 rings (SSSR count). The average Bonchev–Trinajstić information content (AvgIpc) is 2.38. The molecule has 1 aromatic rings. The molecule has 0 spiro atoms. The molecule has 1 aliphatic rings. The highest BCUT2D eigenvalue weighted by Crippen LogP contribution is 2.40. The molecule has 0 amide bonds. The second-order valence-electron chi connectivity index (χ2n) is 4.65. The second-order valence-corrected chi connectivity index (χ2v) is 4.65. The first-order valence-electron chi connectivity index (χ1n) is 5.07. The van der Waals surface area contributed by atoms with Gasteiger partial charge in [-0.25, -0.2) is 4.79 Å². The van der Waals surface area contributed by atoms with Crippen molar-refractivity contribution in [3.63, 3.8) is 0 Å². The normalized spacial score (nSPS) is 21.9. The zero-order chi connectivity index (χ0) is 11.2. The van der Waals surface area contributed by atoms with E-state index in [1.165, 1.54) is 0 Å². The lowest BCUT2D eigenvalue weighted by atomic mass is 9.81. The van der Waals surface area contributed by atoms with Crippen molar-refractivity contribution in [3.8, 4) is 0 Å². The fourth-order valence-corrected chi connectivity index (χ4v) is 1.98. The lowest BCUT2D eigenvalue weighted by Gasteiger charge is -2.24. The molecule has 80 valence electrons. The van der Waals surface area contributed by atoms with Crippen LogP contribution < -0.4 is 5.32 Å². The number of rotatable bonds is 1. The van der Waals surface area contributed by atoms with Crippen molar-refractivity contribution in [1.29, 1.82) is 0 Å². The van der Waals surface area contributed by atoms with Crippen LogP contribution in [0.4, 0.5) is 5.69 Å². The standard InChI is InChI=1S/C12H15NO2/c1-7-12(2,3)9-6-8(11(14)15)4-5-10(9)13-7/h4-7,13H,1-3H3,(H,14,15). The first-order chi connectivity index (χ1) is 6.93. The lowest BCUT2D eigenvalue weighted by Crippen LogP contribution is -2.29. The number of nitrogens with one attached hydrogen (secondary N) is 1. The molecule has 1 heterocycles. The van der Waals surface area contributed by atoms with Crippen LogP contribution in [-0.4, -0.2) is 17.1 Å². The molecule has 2 N–H and O–H groups in total. The van der Waals surface area contributed by atoms with Crippen LogP contribution in [-0.2, 0) is 5.41 Å². The maximum absolute atomic E-state index is 10.9. The van der Waals surface area contributed by atoms with Gasteiger partial charge in [-0.1, -0.05) is 13.8 Å². The molecule has 3 nitrogen and oxygen atoms in total. The van der Waals surface area contributed by atoms with Gasteiger partial charge in [-0.15, -0.1) is 0 Å². The molecule has 0 fully saturated rings. The Morgan fingerprint density at radius 2 is 2.13 bits per heavy atom. The minimum absolute atomic E-state index is 0.0131. The molecular formula is C12H15NO2. The van der Waals surface area contributed by atoms with Gasteiger partial charge >= 0.3 is 5.97 Å². The number of anilines is 1. The highest BCUT2D eigenvalue weighted by atomic mass is 16.4. The van der Waals surface area contributed by atoms with Gasteiger partial charge in [0.2, 0.25) is 0 Å². The average molecular weight is 205 g/mol. The van der Waals surface area contributed by atoms with Gasteiger partial charge < -0.3 is 10.4 Å². The Morgan fingerprint density at radius 1 is 1.47 bits per heavy atom. The third-order valence-electron chi connectivity index (χ3n) is 3.42. The van der Waals surface area contributed by atoms with Crippen LogP contribution in [0.5, 0.6) is 0 Å². The number of fused-ring (bicyclic) bond motifs is 1. The SMILES string of the molecule is CC1Nc2ccc(C(=O)O)cc2C1(C)C. The summed E-state index contributed by atoms with van der Waals surface area (Å²) in [7, 11) is 0. The van der Waals surface area contributed by atoms with E-state index in [2.05, 4.69) is 26.1 Å². The molecule has 1 aromatic carbocycles. The third-order valence-corrected chi connectivity index (χ3v) is 3.42. The molecule has 0 radical (unpaired) electrons. The Labute approximate surface area is 89.1 Å². The number of hydrogen-bond acceptors (Lipinski definition) is 2. The summed E-state index contributed by atoms with van der Waals surface area (Å²) in [6.45, 7) is 6.37. The van der Waals surface area contributed by atoms with E-state index in [-0.39, 0.29) is 5.41 Å². The number of benzene rings is 1. The predicted octanol–water partition coefficient (Wildman–Crippen LogP) is 2.48. The van der Waals surface area contributed by atoms with E-state index in [0.717, 1.165) is 11.3 Å². The van der Waals surface area contributed by atoms with Crippen molar-refractivity contribution in [1.82, 2.24) is 0 Å². The maximum atomic E-state index is 10.9. The van der Waals surface area contributed by atoms with Gasteiger partial charge in [-0.3, -0.25) is 0 Å². The molecule has 0 aromatic heterocycles. The quantitative estimate of drug-likeness (QED) is 0.740. The topological polar surface area (TPSA) is 49.3 Å². The maximum Gasteiger partial charge on any atom is 0.335 e. The van der Waals surface area contributed by atoms with E-state index >= 15 is 0 Å². The summed E-state index contributed by atoms with van der Waals surface area (Å²) < 4.78 is 0. The largest absolute Gasteiger partial charge is 0.478 e. The number of aromatic carboxylic acids is 1. The van der Waals surface area contributed by atoms with E-state index in [9.17, 15) is 4.79 Å². The molecule has 0 saturated carbocycles. The minimum Gasteiger partial charge on any atom is -0.478 e. The van der Waals surface area contributed by atoms with Gasteiger partial charge in [0.05, 0.1) is 5.56 Å². The van der Waals surface area contributed by atoms with Gasteiger partial charge in [0.25, 0.3) is 0 Å². The molecule has 15 heavy (non-hydrogen) atoms. The summed E-state index contributed by atoms with van der Waals surface area (Å²) in [6, 6.07) is 5.59. The van der Waals surface area contributed by atoms with Crippen LogP contribution in [0.25, 0.3) is 0 Å². The number of hydrogen-bond donors (Lipinski definition) is 2. The zero-order valence-electron chi connectivity index (χ0n) is 9.16. The van der Waals surface area contributed by atoms with E-state index in [4.69, 9.17) is 5.11 Å². The predicted molar refractivity (Wildman–Crippen MR) is 59.5 cm³/mol. The van der Waals surface area contributed by atoms with Crippen molar-refractivity contribution in [2.24, 2.45) is 0 Å². The smallest absolute Gasteiger partial charge is 0.335 e. The molecule has 1 aliphatic heterocycles. The molecule has 1 unspecified atom stereocenters. The van der Waals surface area contributed by atoms with Crippen LogP contribution in [0, 0.1) is 0 Å². The minimum atomic E-state index is -0.867. The summed E-state index contributed by atoms with van der Waals surface area (Å²) in [5.74, 6) is -0.867. The summed E-state index contributed by atoms with van der Waals surface area (Å²) >= 11 is 0. The van der Waals surface area contributed by atoms with E-state index < -0.39 is 5.97 Å². The molecular weight excluding hydrogens is 190 g/mol. The number of carboxylic acid groups (broad SMARTS) is 1. The van der Waals surface area contributed by atoms with E-state index in [1.807, 2.05) is 6.07 Å². The second kappa shape index (κ2) is 2.99. The zero-order valence-corrected chi connectivity index (χ0v) is 9.16. The van der Waals surface area contributed by atoms with Crippen molar-refractivity contribution >= 4 is 11.7 Å². The highest BCUT2D eigenvalue weighted by Gasteiger charge is 2.36. The van der Waals surface area contributed by atoms with Gasteiger partial charge in [0.15, 0.2) is 0 Å². The molecule has 0 saturated heterocycles. The first-order valence-corrected chi connectivity index (χ1v) is 5.07. The van der Waals surface area contributed by atoms with E-state index in [0.29, 0.717) is 11.6 Å². The van der Waals surface area contributed by atoms with Crippen molar-refractivity contribution in [3.05, 3.63) is 29.3 Å². The lowest BCUT2D eigenvalue weighted by molar-refractivity contribution is 0.0697. The Balaban J connectivity index is 2.55. The Morgan fingerprint density at radius 3 is 2.73 bits per heavy atom. The molecule has 1 atom stereocenters. The number of carbonyl (C=O) groups is 1. The van der Waals surface area contributed by atoms with E-state index in [1.54, 1.807) is 12.1 Å². The molecule has 0 aliphatic carbocycles. The van der Waals surface area contributed by atoms with Gasteiger partial charge in [0, 0.05) is 17.1 Å². The molecule has 3 heteroatoms. The van der Waals surface area contributed by atoms with Crippen LogP contribution in [0.15, 0.2) is 18.2 Å². The Bertz CT molecular complexity index is 424. The van der Waals surface area contributed by atoms with Crippen molar-refractivity contribution < 1.29 is 9.90 Å². The summed E-state index contributed by atoms with van der Waals surface area (Å²) in [6.07, 6.45) is 0. The fourth-order valence-electron chi connectivity index (χ4n) is 1.98. The third kappa shape index (κ3) is 1.39. The molecule has 0 bridgehead atoms. The van der Waals surface area contributed by atoms with Gasteiger partial charge in [-0.2, -0.15) is 0 Å². The fraction of sp³-hybridized carbons (Fsp3) is 0.417. The van der Waals surface area contributed by atoms with Crippen molar-refractivity contribution in [2.75, 3.05) is 5.32 Å². The summed E-state index contributed by atoms with van der Waals surface area (Å²) in [5.41, 5.74) is 2.49.